The van der Waals surface area contributed by atoms with E-state index in [4.69, 9.17) is 19.5 Å². The average molecular weight is 406 g/mol. The first kappa shape index (κ1) is 19.8. The summed E-state index contributed by atoms with van der Waals surface area (Å²) in [5.41, 5.74) is 0.839. The number of fused-ring (bicyclic) bond motifs is 1. The van der Waals surface area contributed by atoms with Gasteiger partial charge in [-0.2, -0.15) is 5.26 Å². The Morgan fingerprint density at radius 2 is 1.80 bits per heavy atom. The molecule has 1 aliphatic heterocycles. The lowest BCUT2D eigenvalue weighted by Gasteiger charge is -2.25. The lowest BCUT2D eigenvalue weighted by molar-refractivity contribution is -0.150. The molecule has 2 aliphatic rings. The molecule has 2 aromatic carbocycles. The second kappa shape index (κ2) is 8.46. The molecule has 0 spiro atoms. The first-order valence-electron chi connectivity index (χ1n) is 9.94. The maximum absolute atomic E-state index is 12.9. The molecule has 7 heteroatoms. The van der Waals surface area contributed by atoms with E-state index in [9.17, 15) is 9.59 Å². The van der Waals surface area contributed by atoms with Gasteiger partial charge in [-0.15, -0.1) is 0 Å². The quantitative estimate of drug-likeness (QED) is 0.657. The summed E-state index contributed by atoms with van der Waals surface area (Å²) in [7, 11) is 0. The number of carbonyl (C=O) groups is 2. The maximum Gasteiger partial charge on any atom is 0.317 e. The van der Waals surface area contributed by atoms with Crippen LogP contribution < -0.4 is 14.4 Å². The van der Waals surface area contributed by atoms with Crippen LogP contribution in [0.15, 0.2) is 48.5 Å². The van der Waals surface area contributed by atoms with Gasteiger partial charge in [-0.3, -0.25) is 9.59 Å². The normalized spacial score (nSPS) is 15.6. The molecule has 154 valence electrons. The van der Waals surface area contributed by atoms with Gasteiger partial charge in [0.05, 0.1) is 17.9 Å². The van der Waals surface area contributed by atoms with Crippen LogP contribution in [0.1, 0.15) is 24.8 Å². The molecule has 2 aromatic rings. The van der Waals surface area contributed by atoms with Crippen molar-refractivity contribution in [1.29, 1.82) is 5.26 Å². The fourth-order valence-electron chi connectivity index (χ4n) is 3.60. The first-order valence-corrected chi connectivity index (χ1v) is 9.94. The predicted octanol–water partition coefficient (Wildman–Crippen LogP) is 2.98. The Labute approximate surface area is 174 Å². The number of hydrogen-bond acceptors (Lipinski definition) is 6. The van der Waals surface area contributed by atoms with Gasteiger partial charge in [0.15, 0.2) is 18.1 Å². The highest BCUT2D eigenvalue weighted by atomic mass is 16.6. The fraction of sp³-hybridized carbons (Fsp3) is 0.348. The molecule has 30 heavy (non-hydrogen) atoms. The Kier molecular flexibility index (Phi) is 5.57. The van der Waals surface area contributed by atoms with E-state index >= 15 is 0 Å². The van der Waals surface area contributed by atoms with Crippen molar-refractivity contribution in [2.24, 2.45) is 0 Å². The molecule has 4 rings (SSSR count). The van der Waals surface area contributed by atoms with E-state index in [0.717, 1.165) is 5.56 Å². The second-order valence-corrected chi connectivity index (χ2v) is 7.31. The summed E-state index contributed by atoms with van der Waals surface area (Å²) in [5, 5.41) is 8.98. The summed E-state index contributed by atoms with van der Waals surface area (Å²) in [6, 6.07) is 16.7. The van der Waals surface area contributed by atoms with E-state index in [2.05, 4.69) is 0 Å². The van der Waals surface area contributed by atoms with Crippen molar-refractivity contribution in [3.63, 3.8) is 0 Å². The van der Waals surface area contributed by atoms with Gasteiger partial charge in [0, 0.05) is 18.3 Å². The Bertz CT molecular complexity index is 979. The molecule has 1 fully saturated rings. The summed E-state index contributed by atoms with van der Waals surface area (Å²) >= 11 is 0. The molecule has 0 atom stereocenters. The molecule has 0 radical (unpaired) electrons. The molecule has 0 bridgehead atoms. The van der Waals surface area contributed by atoms with Gasteiger partial charge >= 0.3 is 5.97 Å². The summed E-state index contributed by atoms with van der Waals surface area (Å²) < 4.78 is 16.5. The van der Waals surface area contributed by atoms with Gasteiger partial charge in [-0.1, -0.05) is 30.3 Å². The summed E-state index contributed by atoms with van der Waals surface area (Å²) in [6.07, 6.45) is 1.58. The van der Waals surface area contributed by atoms with Crippen LogP contribution in [-0.4, -0.2) is 38.2 Å². The lowest BCUT2D eigenvalue weighted by atomic mass is 9.96. The van der Waals surface area contributed by atoms with Crippen molar-refractivity contribution >= 4 is 17.6 Å². The number of hydrogen-bond donors (Lipinski definition) is 0. The Hall–Kier alpha value is -3.53. The third kappa shape index (κ3) is 3.94. The van der Waals surface area contributed by atoms with E-state index < -0.39 is 5.41 Å². The van der Waals surface area contributed by atoms with Crippen LogP contribution in [0.2, 0.25) is 0 Å². The predicted molar refractivity (Wildman–Crippen MR) is 108 cm³/mol. The summed E-state index contributed by atoms with van der Waals surface area (Å²) in [5.74, 6) is 0.387. The van der Waals surface area contributed by atoms with Gasteiger partial charge < -0.3 is 19.1 Å². The number of carbonyl (C=O) groups excluding carboxylic acids is 2. The molecular formula is C23H22N2O5. The number of amides is 1. The number of benzene rings is 2. The van der Waals surface area contributed by atoms with Crippen LogP contribution in [0.3, 0.4) is 0 Å². The number of anilines is 1. The maximum atomic E-state index is 12.9. The van der Waals surface area contributed by atoms with Crippen molar-refractivity contribution in [3.05, 3.63) is 54.1 Å². The fourth-order valence-corrected chi connectivity index (χ4v) is 3.60. The third-order valence-electron chi connectivity index (χ3n) is 5.38. The molecule has 7 nitrogen and oxygen atoms in total. The second-order valence-electron chi connectivity index (χ2n) is 7.31. The van der Waals surface area contributed by atoms with Crippen molar-refractivity contribution in [2.45, 2.75) is 24.7 Å². The molecule has 0 aromatic heterocycles. The van der Waals surface area contributed by atoms with Crippen LogP contribution in [0.5, 0.6) is 11.5 Å². The highest BCUT2D eigenvalue weighted by Gasteiger charge is 2.52. The molecule has 1 aliphatic carbocycles. The monoisotopic (exact) mass is 406 g/mol. The molecule has 1 saturated carbocycles. The van der Waals surface area contributed by atoms with Crippen molar-refractivity contribution < 1.29 is 23.8 Å². The minimum Gasteiger partial charge on any atom is -0.486 e. The standard InChI is InChI=1S/C23H22N2O5/c24-11-4-12-25(18-7-8-19-20(15-18)29-14-13-28-19)21(26)16-30-22(27)23(9-10-23)17-5-2-1-3-6-17/h1-3,5-8,15H,4,9-10,12-14,16H2. The zero-order chi connectivity index (χ0) is 21.0. The van der Waals surface area contributed by atoms with Gasteiger partial charge in [0.2, 0.25) is 0 Å². The van der Waals surface area contributed by atoms with E-state index in [-0.39, 0.29) is 31.4 Å². The van der Waals surface area contributed by atoms with Crippen LogP contribution in [0.25, 0.3) is 0 Å². The highest BCUT2D eigenvalue weighted by molar-refractivity contribution is 5.96. The molecular weight excluding hydrogens is 384 g/mol. The lowest BCUT2D eigenvalue weighted by Crippen LogP contribution is -2.37. The topological polar surface area (TPSA) is 88.9 Å². The molecule has 0 N–H and O–H groups in total. The van der Waals surface area contributed by atoms with Crippen molar-refractivity contribution in [2.75, 3.05) is 31.3 Å². The van der Waals surface area contributed by atoms with Gasteiger partial charge in [0.25, 0.3) is 5.91 Å². The van der Waals surface area contributed by atoms with Gasteiger partial charge in [0.1, 0.15) is 13.2 Å². The molecule has 1 heterocycles. The van der Waals surface area contributed by atoms with Crippen LogP contribution in [0, 0.1) is 11.3 Å². The Balaban J connectivity index is 1.45. The zero-order valence-electron chi connectivity index (χ0n) is 16.5. The van der Waals surface area contributed by atoms with Crippen molar-refractivity contribution in [3.8, 4) is 17.6 Å². The number of esters is 1. The van der Waals surface area contributed by atoms with E-state index in [0.29, 0.717) is 43.2 Å². The van der Waals surface area contributed by atoms with Crippen LogP contribution >= 0.6 is 0 Å². The highest BCUT2D eigenvalue weighted by Crippen LogP contribution is 2.49. The number of ether oxygens (including phenoxy) is 3. The van der Waals surface area contributed by atoms with E-state index in [1.165, 1.54) is 4.90 Å². The van der Waals surface area contributed by atoms with E-state index in [1.807, 2.05) is 36.4 Å². The minimum atomic E-state index is -0.643. The summed E-state index contributed by atoms with van der Waals surface area (Å²) in [6.45, 7) is 0.716. The van der Waals surface area contributed by atoms with Gasteiger partial charge in [-0.25, -0.2) is 0 Å². The van der Waals surface area contributed by atoms with E-state index in [1.54, 1.807) is 18.2 Å². The molecule has 0 unspecified atom stereocenters. The third-order valence-corrected chi connectivity index (χ3v) is 5.38. The van der Waals surface area contributed by atoms with Crippen molar-refractivity contribution in [1.82, 2.24) is 0 Å². The van der Waals surface area contributed by atoms with Gasteiger partial charge in [-0.05, 0) is 30.5 Å². The zero-order valence-corrected chi connectivity index (χ0v) is 16.5. The largest absolute Gasteiger partial charge is 0.486 e. The summed E-state index contributed by atoms with van der Waals surface area (Å²) in [4.78, 5) is 27.0. The minimum absolute atomic E-state index is 0.155. The first-order chi connectivity index (χ1) is 14.6. The molecule has 1 amide bonds. The number of rotatable bonds is 7. The Morgan fingerprint density at radius 3 is 2.50 bits per heavy atom. The SMILES string of the molecule is N#CCCN(C(=O)COC(=O)C1(c2ccccc2)CC1)c1ccc2c(c1)OCCO2. The Morgan fingerprint density at radius 1 is 1.07 bits per heavy atom. The van der Waals surface area contributed by atoms with Crippen LogP contribution in [0.4, 0.5) is 5.69 Å². The molecule has 0 saturated heterocycles. The average Bonchev–Trinajstić information content (AvgIpc) is 3.60. The van der Waals surface area contributed by atoms with Crippen LogP contribution in [-0.2, 0) is 19.7 Å². The number of nitrogens with zero attached hydrogens (tertiary/aromatic N) is 2. The number of nitriles is 1. The smallest absolute Gasteiger partial charge is 0.317 e.